The lowest BCUT2D eigenvalue weighted by molar-refractivity contribution is -0.136. The molecule has 0 aliphatic carbocycles. The zero-order chi connectivity index (χ0) is 31.3. The Hall–Kier alpha value is -5.04. The molecule has 0 aliphatic rings. The maximum absolute atomic E-state index is 14.4. The molecule has 4 rings (SSSR count). The third-order valence-electron chi connectivity index (χ3n) is 6.11. The van der Waals surface area contributed by atoms with Gasteiger partial charge in [-0.2, -0.15) is 0 Å². The number of sulfonamides is 1. The summed E-state index contributed by atoms with van der Waals surface area (Å²) in [4.78, 5) is 23.2. The molecule has 0 spiro atoms. The van der Waals surface area contributed by atoms with E-state index in [-0.39, 0.29) is 35.0 Å². The molecular formula is C30H25F3N2O7S. The topological polar surface area (TPSA) is 131 Å². The Morgan fingerprint density at radius 2 is 1.56 bits per heavy atom. The molecule has 0 heterocycles. The Bertz CT molecular complexity index is 1800. The Labute approximate surface area is 244 Å². The fourth-order valence-electron chi connectivity index (χ4n) is 4.16. The number of amides is 1. The molecule has 0 saturated carbocycles. The lowest BCUT2D eigenvalue weighted by Crippen LogP contribution is -2.23. The molecule has 9 nitrogen and oxygen atoms in total. The van der Waals surface area contributed by atoms with Gasteiger partial charge in [-0.3, -0.25) is 14.3 Å². The second-order valence-electron chi connectivity index (χ2n) is 9.09. The quantitative estimate of drug-likeness (QED) is 0.196. The summed E-state index contributed by atoms with van der Waals surface area (Å²) in [6, 6.07) is 13.9. The van der Waals surface area contributed by atoms with Crippen molar-refractivity contribution in [2.75, 3.05) is 18.4 Å². The summed E-state index contributed by atoms with van der Waals surface area (Å²) in [6.45, 7) is 1.97. The number of nitrogens with one attached hydrogen (secondary N) is 2. The minimum atomic E-state index is -4.66. The van der Waals surface area contributed by atoms with Crippen molar-refractivity contribution < 1.29 is 45.8 Å². The van der Waals surface area contributed by atoms with Crippen molar-refractivity contribution in [2.24, 2.45) is 0 Å². The molecule has 0 bridgehead atoms. The highest BCUT2D eigenvalue weighted by molar-refractivity contribution is 7.92. The summed E-state index contributed by atoms with van der Waals surface area (Å²) in [5.41, 5.74) is 0.925. The van der Waals surface area contributed by atoms with E-state index in [0.717, 1.165) is 12.1 Å². The van der Waals surface area contributed by atoms with E-state index in [0.29, 0.717) is 22.8 Å². The standard InChI is InChI=1S/C30H25F3N2O7S/c1-3-34-30(38)18-6-10-25(24(12-18)35-43(39,40)28-11-9-21(32)15-23(28)33)42-27-16-22(17-4-7-20(31)8-5-17)19(14-29(36)37)13-26(27)41-2/h4-13,15-16,35H,3,14H2,1-2H3,(H,34,38)(H,36,37). The van der Waals surface area contributed by atoms with E-state index in [1.54, 1.807) is 6.92 Å². The predicted octanol–water partition coefficient (Wildman–Crippen LogP) is 5.75. The number of aliphatic carboxylic acids is 1. The summed E-state index contributed by atoms with van der Waals surface area (Å²) >= 11 is 0. The number of hydrogen-bond acceptors (Lipinski definition) is 6. The smallest absolute Gasteiger partial charge is 0.307 e. The molecule has 0 fully saturated rings. The van der Waals surface area contributed by atoms with Gasteiger partial charge in [-0.15, -0.1) is 0 Å². The van der Waals surface area contributed by atoms with Crippen LogP contribution in [-0.4, -0.2) is 39.1 Å². The molecule has 1 amide bonds. The van der Waals surface area contributed by atoms with E-state index in [1.807, 2.05) is 0 Å². The Morgan fingerprint density at radius 3 is 2.19 bits per heavy atom. The van der Waals surface area contributed by atoms with Gasteiger partial charge in [-0.05, 0) is 78.2 Å². The molecular weight excluding hydrogens is 589 g/mol. The second-order valence-corrected chi connectivity index (χ2v) is 10.7. The first-order chi connectivity index (χ1) is 20.4. The van der Waals surface area contributed by atoms with E-state index in [9.17, 15) is 36.3 Å². The summed E-state index contributed by atoms with van der Waals surface area (Å²) in [7, 11) is -3.35. The maximum Gasteiger partial charge on any atom is 0.307 e. The van der Waals surface area contributed by atoms with Crippen LogP contribution in [-0.2, 0) is 21.2 Å². The lowest BCUT2D eigenvalue weighted by atomic mass is 9.96. The van der Waals surface area contributed by atoms with Crippen LogP contribution in [0.15, 0.2) is 77.7 Å². The number of carboxylic acid groups (broad SMARTS) is 1. The number of rotatable bonds is 11. The molecule has 0 saturated heterocycles. The SMILES string of the molecule is CCNC(=O)c1ccc(Oc2cc(-c3ccc(F)cc3)c(CC(=O)O)cc2OC)c(NS(=O)(=O)c2ccc(F)cc2F)c1. The van der Waals surface area contributed by atoms with Gasteiger partial charge in [-0.25, -0.2) is 21.6 Å². The largest absolute Gasteiger partial charge is 0.493 e. The molecule has 13 heteroatoms. The van der Waals surface area contributed by atoms with Crippen LogP contribution in [0.2, 0.25) is 0 Å². The first-order valence-corrected chi connectivity index (χ1v) is 14.2. The van der Waals surface area contributed by atoms with Crippen LogP contribution in [0, 0.1) is 17.5 Å². The van der Waals surface area contributed by atoms with Crippen molar-refractivity contribution in [3.8, 4) is 28.4 Å². The summed E-state index contributed by atoms with van der Waals surface area (Å²) in [5.74, 6) is -4.54. The summed E-state index contributed by atoms with van der Waals surface area (Å²) < 4.78 is 81.4. The fourth-order valence-corrected chi connectivity index (χ4v) is 5.28. The van der Waals surface area contributed by atoms with Crippen molar-refractivity contribution in [3.05, 3.63) is 101 Å². The van der Waals surface area contributed by atoms with E-state index in [1.165, 1.54) is 61.7 Å². The Balaban J connectivity index is 1.84. The Morgan fingerprint density at radius 1 is 0.860 bits per heavy atom. The Kier molecular flexibility index (Phi) is 9.24. The molecule has 0 aromatic heterocycles. The van der Waals surface area contributed by atoms with Crippen LogP contribution >= 0.6 is 0 Å². The van der Waals surface area contributed by atoms with Gasteiger partial charge in [0.05, 0.1) is 19.2 Å². The van der Waals surface area contributed by atoms with E-state index in [4.69, 9.17) is 9.47 Å². The van der Waals surface area contributed by atoms with E-state index >= 15 is 0 Å². The van der Waals surface area contributed by atoms with E-state index in [2.05, 4.69) is 10.0 Å². The van der Waals surface area contributed by atoms with Crippen LogP contribution in [0.4, 0.5) is 18.9 Å². The van der Waals surface area contributed by atoms with E-state index < -0.39 is 50.7 Å². The highest BCUT2D eigenvalue weighted by Crippen LogP contribution is 2.41. The molecule has 0 atom stereocenters. The number of hydrogen-bond donors (Lipinski definition) is 3. The number of benzene rings is 4. The van der Waals surface area contributed by atoms with Crippen molar-refractivity contribution in [1.82, 2.24) is 5.32 Å². The number of carbonyl (C=O) groups is 2. The molecule has 0 aliphatic heterocycles. The van der Waals surface area contributed by atoms with Gasteiger partial charge >= 0.3 is 5.97 Å². The average Bonchev–Trinajstić information content (AvgIpc) is 2.94. The number of anilines is 1. The monoisotopic (exact) mass is 614 g/mol. The number of ether oxygens (including phenoxy) is 2. The molecule has 224 valence electrons. The third-order valence-corrected chi connectivity index (χ3v) is 7.51. The van der Waals surface area contributed by atoms with Gasteiger partial charge in [0.25, 0.3) is 15.9 Å². The highest BCUT2D eigenvalue weighted by atomic mass is 32.2. The molecule has 0 unspecified atom stereocenters. The van der Waals surface area contributed by atoms with Gasteiger partial charge < -0.3 is 19.9 Å². The number of carboxylic acids is 1. The molecule has 43 heavy (non-hydrogen) atoms. The van der Waals surface area contributed by atoms with Crippen LogP contribution < -0.4 is 19.5 Å². The average molecular weight is 615 g/mol. The van der Waals surface area contributed by atoms with Crippen molar-refractivity contribution in [3.63, 3.8) is 0 Å². The number of carbonyl (C=O) groups excluding carboxylic acids is 1. The summed E-state index contributed by atoms with van der Waals surface area (Å²) in [6.07, 6.45) is -0.404. The van der Waals surface area contributed by atoms with Crippen LogP contribution in [0.1, 0.15) is 22.8 Å². The predicted molar refractivity (Wildman–Crippen MR) is 151 cm³/mol. The fraction of sp³-hybridized carbons (Fsp3) is 0.133. The zero-order valence-corrected chi connectivity index (χ0v) is 23.6. The third kappa shape index (κ3) is 7.25. The highest BCUT2D eigenvalue weighted by Gasteiger charge is 2.24. The molecule has 3 N–H and O–H groups in total. The van der Waals surface area contributed by atoms with Crippen LogP contribution in [0.5, 0.6) is 17.2 Å². The molecule has 4 aromatic rings. The van der Waals surface area contributed by atoms with Crippen LogP contribution in [0.3, 0.4) is 0 Å². The minimum absolute atomic E-state index is 0.00938. The van der Waals surface area contributed by atoms with Gasteiger partial charge in [-0.1, -0.05) is 12.1 Å². The minimum Gasteiger partial charge on any atom is -0.493 e. The lowest BCUT2D eigenvalue weighted by Gasteiger charge is -2.19. The first-order valence-electron chi connectivity index (χ1n) is 12.7. The van der Waals surface area contributed by atoms with Crippen molar-refractivity contribution in [2.45, 2.75) is 18.2 Å². The van der Waals surface area contributed by atoms with Gasteiger partial charge in [0.2, 0.25) is 0 Å². The van der Waals surface area contributed by atoms with Crippen LogP contribution in [0.25, 0.3) is 11.1 Å². The maximum atomic E-state index is 14.4. The zero-order valence-electron chi connectivity index (χ0n) is 22.8. The second kappa shape index (κ2) is 12.9. The van der Waals surface area contributed by atoms with Crippen molar-refractivity contribution >= 4 is 27.6 Å². The summed E-state index contributed by atoms with van der Waals surface area (Å²) in [5, 5.41) is 12.0. The number of halogens is 3. The first kappa shape index (κ1) is 30.9. The molecule has 4 aromatic carbocycles. The normalized spacial score (nSPS) is 11.1. The molecule has 0 radical (unpaired) electrons. The van der Waals surface area contributed by atoms with Gasteiger partial charge in [0.15, 0.2) is 17.2 Å². The van der Waals surface area contributed by atoms with Gasteiger partial charge in [0, 0.05) is 18.2 Å². The van der Waals surface area contributed by atoms with Gasteiger partial charge in [0.1, 0.15) is 22.3 Å². The number of methoxy groups -OCH3 is 1. The van der Waals surface area contributed by atoms with Crippen molar-refractivity contribution in [1.29, 1.82) is 0 Å².